The van der Waals surface area contributed by atoms with Gasteiger partial charge in [0.1, 0.15) is 23.2 Å². The Morgan fingerprint density at radius 2 is 0.984 bits per heavy atom. The zero-order valence-corrected chi connectivity index (χ0v) is 33.6. The first-order valence-corrected chi connectivity index (χ1v) is 21.0. The molecule has 1 aliphatic rings. The molecule has 5 heteroatoms. The minimum atomic E-state index is -0.460. The highest BCUT2D eigenvalue weighted by Gasteiger charge is 2.27. The van der Waals surface area contributed by atoms with Crippen molar-refractivity contribution in [2.75, 3.05) is 0 Å². The number of rotatable bonds is 7. The van der Waals surface area contributed by atoms with Crippen molar-refractivity contribution in [3.63, 3.8) is 0 Å². The fraction of sp³-hybridized carbons (Fsp3) is 0.0175. The van der Waals surface area contributed by atoms with Crippen molar-refractivity contribution in [2.24, 2.45) is 9.98 Å². The second-order valence-electron chi connectivity index (χ2n) is 15.8. The third kappa shape index (κ3) is 6.10. The van der Waals surface area contributed by atoms with Gasteiger partial charge in [-0.2, -0.15) is 0 Å². The van der Waals surface area contributed by atoms with Crippen LogP contribution in [0, 0.1) is 0 Å². The Bertz CT molecular complexity index is 3530. The van der Waals surface area contributed by atoms with Crippen LogP contribution in [0.1, 0.15) is 22.9 Å². The number of aromatic nitrogens is 1. The predicted octanol–water partition coefficient (Wildman–Crippen LogP) is 14.2. The molecule has 1 N–H and O–H groups in total. The molecule has 1 atom stereocenters. The summed E-state index contributed by atoms with van der Waals surface area (Å²) >= 11 is 0. The van der Waals surface area contributed by atoms with Crippen molar-refractivity contribution in [1.29, 1.82) is 0 Å². The maximum Gasteiger partial charge on any atom is 0.159 e. The monoisotopic (exact) mass is 794 g/mol. The summed E-state index contributed by atoms with van der Waals surface area (Å²) in [6.45, 7) is 0. The molecule has 12 rings (SSSR count). The van der Waals surface area contributed by atoms with Crippen molar-refractivity contribution >= 4 is 55.4 Å². The van der Waals surface area contributed by atoms with E-state index in [1.807, 2.05) is 24.3 Å². The van der Waals surface area contributed by atoms with Gasteiger partial charge in [-0.25, -0.2) is 9.98 Å². The van der Waals surface area contributed by atoms with Gasteiger partial charge in [-0.1, -0.05) is 176 Å². The van der Waals surface area contributed by atoms with E-state index in [0.717, 1.165) is 88.8 Å². The molecule has 0 saturated carbocycles. The quantitative estimate of drug-likeness (QED) is 0.175. The van der Waals surface area contributed by atoms with E-state index in [2.05, 4.69) is 204 Å². The average molecular weight is 795 g/mol. The van der Waals surface area contributed by atoms with Crippen LogP contribution in [0.15, 0.2) is 233 Å². The molecular formula is C57H38N4O. The molecule has 0 spiro atoms. The molecule has 0 saturated heterocycles. The molecule has 3 heterocycles. The number of para-hydroxylation sites is 1. The van der Waals surface area contributed by atoms with E-state index < -0.39 is 6.17 Å². The molecule has 62 heavy (non-hydrogen) atoms. The number of nitrogens with one attached hydrogen (secondary N) is 1. The van der Waals surface area contributed by atoms with Gasteiger partial charge in [0.2, 0.25) is 0 Å². The smallest absolute Gasteiger partial charge is 0.159 e. The number of fused-ring (bicyclic) bond motifs is 7. The van der Waals surface area contributed by atoms with Crippen LogP contribution >= 0.6 is 0 Å². The number of hydrogen-bond donors (Lipinski definition) is 1. The summed E-state index contributed by atoms with van der Waals surface area (Å²) in [6.07, 6.45) is -0.460. The Labute approximate surface area is 358 Å². The first kappa shape index (κ1) is 35.6. The van der Waals surface area contributed by atoms with E-state index in [0.29, 0.717) is 5.84 Å². The zero-order chi connectivity index (χ0) is 41.0. The van der Waals surface area contributed by atoms with Crippen LogP contribution < -0.4 is 5.32 Å². The van der Waals surface area contributed by atoms with Gasteiger partial charge >= 0.3 is 0 Å². The number of furan rings is 1. The fourth-order valence-corrected chi connectivity index (χ4v) is 9.14. The first-order chi connectivity index (χ1) is 30.7. The second kappa shape index (κ2) is 14.8. The molecule has 9 aromatic carbocycles. The maximum absolute atomic E-state index is 6.79. The topological polar surface area (TPSA) is 54.8 Å². The standard InChI is InChI=1S/C57H38N4O/c1-4-15-37(16-5-1)39-29-31-40(32-30-39)43-22-13-24-45(36-43)61-49-27-11-10-25-46(49)47-33-34-51-53(54(47)61)52-48(26-14-28-50(52)62-51)57-59-55(41-19-8-3-9-20-41)58-56(60-57)44-23-12-21-42(35-44)38-17-6-2-7-18-38/h1-36,57H,(H,58,59,60). The minimum absolute atomic E-state index is 0.460. The number of hydrogen-bond acceptors (Lipinski definition) is 4. The maximum atomic E-state index is 6.79. The van der Waals surface area contributed by atoms with E-state index in [4.69, 9.17) is 14.4 Å². The van der Waals surface area contributed by atoms with Gasteiger partial charge in [0.05, 0.1) is 16.4 Å². The molecule has 1 aliphatic heterocycles. The van der Waals surface area contributed by atoms with Crippen molar-refractivity contribution < 1.29 is 4.42 Å². The Balaban J connectivity index is 1.04. The lowest BCUT2D eigenvalue weighted by molar-refractivity contribution is 0.662. The first-order valence-electron chi connectivity index (χ1n) is 21.0. The van der Waals surface area contributed by atoms with Gasteiger partial charge in [0, 0.05) is 38.5 Å². The van der Waals surface area contributed by atoms with Crippen molar-refractivity contribution in [3.05, 3.63) is 235 Å². The van der Waals surface area contributed by atoms with Gasteiger partial charge in [-0.15, -0.1) is 0 Å². The Morgan fingerprint density at radius 1 is 0.419 bits per heavy atom. The molecule has 0 radical (unpaired) electrons. The Kier molecular flexibility index (Phi) is 8.49. The van der Waals surface area contributed by atoms with E-state index in [-0.39, 0.29) is 0 Å². The molecule has 0 fully saturated rings. The highest BCUT2D eigenvalue weighted by atomic mass is 16.3. The van der Waals surface area contributed by atoms with Gasteiger partial charge in [-0.3, -0.25) is 0 Å². The number of nitrogens with zero attached hydrogens (tertiary/aromatic N) is 3. The fourth-order valence-electron chi connectivity index (χ4n) is 9.14. The summed E-state index contributed by atoms with van der Waals surface area (Å²) < 4.78 is 9.20. The van der Waals surface area contributed by atoms with Crippen LogP contribution in [0.2, 0.25) is 0 Å². The lowest BCUT2D eigenvalue weighted by atomic mass is 9.99. The SMILES string of the molecule is c1ccc(C2=NC(c3cccc4oc5ccc6c7ccccc7n(-c7cccc(-c8ccc(-c9ccccc9)cc8)c7)c6c5c34)NC(c3cccc(-c4ccccc4)c3)=N2)cc1. The predicted molar refractivity (Wildman–Crippen MR) is 256 cm³/mol. The Hall–Kier alpha value is -8.28. The van der Waals surface area contributed by atoms with E-state index in [1.54, 1.807) is 0 Å². The molecule has 0 bridgehead atoms. The van der Waals surface area contributed by atoms with Crippen molar-refractivity contribution in [1.82, 2.24) is 9.88 Å². The van der Waals surface area contributed by atoms with E-state index in [1.165, 1.54) is 16.5 Å². The summed E-state index contributed by atoms with van der Waals surface area (Å²) in [7, 11) is 0. The van der Waals surface area contributed by atoms with Crippen LogP contribution in [-0.4, -0.2) is 16.2 Å². The molecule has 0 amide bonds. The summed E-state index contributed by atoms with van der Waals surface area (Å²) in [6, 6.07) is 76.9. The van der Waals surface area contributed by atoms with E-state index >= 15 is 0 Å². The number of amidine groups is 2. The summed E-state index contributed by atoms with van der Waals surface area (Å²) in [4.78, 5) is 10.5. The van der Waals surface area contributed by atoms with Crippen LogP contribution in [0.25, 0.3) is 82.8 Å². The summed E-state index contributed by atoms with van der Waals surface area (Å²) in [5, 5.41) is 8.21. The second-order valence-corrected chi connectivity index (χ2v) is 15.8. The molecule has 5 nitrogen and oxygen atoms in total. The largest absolute Gasteiger partial charge is 0.456 e. The molecular weight excluding hydrogens is 757 g/mol. The minimum Gasteiger partial charge on any atom is -0.456 e. The lowest BCUT2D eigenvalue weighted by Crippen LogP contribution is -2.33. The normalized spacial score (nSPS) is 14.0. The third-order valence-electron chi connectivity index (χ3n) is 12.1. The number of benzene rings is 9. The molecule has 0 aliphatic carbocycles. The lowest BCUT2D eigenvalue weighted by Gasteiger charge is -2.24. The number of aliphatic imine (C=N–C) groups is 2. The average Bonchev–Trinajstić information content (AvgIpc) is 3.91. The summed E-state index contributed by atoms with van der Waals surface area (Å²) in [5.74, 6) is 1.44. The molecule has 292 valence electrons. The molecule has 2 aromatic heterocycles. The van der Waals surface area contributed by atoms with Crippen molar-refractivity contribution in [3.8, 4) is 39.1 Å². The van der Waals surface area contributed by atoms with Gasteiger partial charge in [0.15, 0.2) is 5.84 Å². The third-order valence-corrected chi connectivity index (χ3v) is 12.1. The van der Waals surface area contributed by atoms with Gasteiger partial charge < -0.3 is 14.3 Å². The van der Waals surface area contributed by atoms with Gasteiger partial charge in [-0.05, 0) is 75.8 Å². The Morgan fingerprint density at radius 3 is 1.74 bits per heavy atom. The highest BCUT2D eigenvalue weighted by Crippen LogP contribution is 2.44. The molecule has 11 aromatic rings. The highest BCUT2D eigenvalue weighted by molar-refractivity contribution is 6.25. The molecule has 1 unspecified atom stereocenters. The van der Waals surface area contributed by atoms with Crippen LogP contribution in [0.4, 0.5) is 0 Å². The van der Waals surface area contributed by atoms with Crippen LogP contribution in [0.3, 0.4) is 0 Å². The summed E-state index contributed by atoms with van der Waals surface area (Å²) in [5.41, 5.74) is 14.9. The van der Waals surface area contributed by atoms with Crippen molar-refractivity contribution in [2.45, 2.75) is 6.17 Å². The zero-order valence-electron chi connectivity index (χ0n) is 33.6. The van der Waals surface area contributed by atoms with Crippen LogP contribution in [-0.2, 0) is 0 Å². The van der Waals surface area contributed by atoms with Crippen LogP contribution in [0.5, 0.6) is 0 Å². The van der Waals surface area contributed by atoms with E-state index in [9.17, 15) is 0 Å². The van der Waals surface area contributed by atoms with Gasteiger partial charge in [0.25, 0.3) is 0 Å².